The summed E-state index contributed by atoms with van der Waals surface area (Å²) in [6, 6.07) is 0. The van der Waals surface area contributed by atoms with Gasteiger partial charge in [-0.3, -0.25) is 14.2 Å². The molecule has 0 saturated heterocycles. The lowest BCUT2D eigenvalue weighted by atomic mass is 10.0. The lowest BCUT2D eigenvalue weighted by molar-refractivity contribution is -0.870. The Hall–Kier alpha value is -2.81. The van der Waals surface area contributed by atoms with E-state index in [2.05, 4.69) is 86.8 Å². The van der Waals surface area contributed by atoms with Crippen molar-refractivity contribution in [2.75, 3.05) is 47.5 Å². The summed E-state index contributed by atoms with van der Waals surface area (Å²) in [7, 11) is 1.12. The summed E-state index contributed by atoms with van der Waals surface area (Å²) in [5.41, 5.74) is 0. The lowest BCUT2D eigenvalue weighted by Crippen LogP contribution is -2.37. The number of esters is 2. The number of nitrogens with zero attached hydrogens (tertiary/aromatic N) is 1. The number of phosphoric acid groups is 1. The van der Waals surface area contributed by atoms with Crippen LogP contribution in [-0.2, 0) is 32.7 Å². The smallest absolute Gasteiger partial charge is 0.306 e. The van der Waals surface area contributed by atoms with Crippen molar-refractivity contribution in [3.05, 3.63) is 85.1 Å². The molecule has 440 valence electrons. The number of quaternary nitrogens is 1. The minimum Gasteiger partial charge on any atom is -0.756 e. The predicted octanol–water partition coefficient (Wildman–Crippen LogP) is 19.2. The zero-order valence-corrected chi connectivity index (χ0v) is 50.8. The van der Waals surface area contributed by atoms with Gasteiger partial charge in [0.1, 0.15) is 19.8 Å². The van der Waals surface area contributed by atoms with Crippen LogP contribution in [0.1, 0.15) is 271 Å². The fraction of sp³-hybridized carbons (Fsp3) is 0.758. The van der Waals surface area contributed by atoms with Crippen molar-refractivity contribution >= 4 is 19.8 Å². The first-order valence-electron chi connectivity index (χ1n) is 31.3. The van der Waals surface area contributed by atoms with E-state index in [9.17, 15) is 19.0 Å². The molecule has 0 bridgehead atoms. The first-order valence-corrected chi connectivity index (χ1v) is 32.8. The van der Waals surface area contributed by atoms with E-state index < -0.39 is 32.5 Å². The van der Waals surface area contributed by atoms with Crippen LogP contribution < -0.4 is 4.89 Å². The number of rotatable bonds is 57. The van der Waals surface area contributed by atoms with Gasteiger partial charge < -0.3 is 27.9 Å². The van der Waals surface area contributed by atoms with Crippen LogP contribution in [0.5, 0.6) is 0 Å². The second-order valence-corrected chi connectivity index (χ2v) is 23.4. The highest BCUT2D eigenvalue weighted by atomic mass is 31.2. The van der Waals surface area contributed by atoms with Crippen LogP contribution in [0.4, 0.5) is 0 Å². The summed E-state index contributed by atoms with van der Waals surface area (Å²) in [4.78, 5) is 37.7. The zero-order chi connectivity index (χ0) is 55.6. The summed E-state index contributed by atoms with van der Waals surface area (Å²) in [6.07, 6.45) is 77.1. The maximum absolute atomic E-state index is 12.7. The minimum atomic E-state index is -4.65. The topological polar surface area (TPSA) is 111 Å². The molecule has 76 heavy (non-hydrogen) atoms. The molecular formula is C66H118NO8P. The van der Waals surface area contributed by atoms with E-state index in [0.717, 1.165) is 57.8 Å². The first kappa shape index (κ1) is 73.2. The minimum absolute atomic E-state index is 0.0452. The molecule has 0 aliphatic rings. The van der Waals surface area contributed by atoms with E-state index in [1.807, 2.05) is 33.3 Å². The molecule has 0 heterocycles. The molecule has 0 aliphatic carbocycles. The van der Waals surface area contributed by atoms with E-state index in [0.29, 0.717) is 17.4 Å². The Kier molecular flexibility index (Phi) is 54.8. The van der Waals surface area contributed by atoms with Gasteiger partial charge in [-0.05, 0) is 77.0 Å². The Morgan fingerprint density at radius 1 is 0.421 bits per heavy atom. The third kappa shape index (κ3) is 60.4. The van der Waals surface area contributed by atoms with Gasteiger partial charge in [0, 0.05) is 12.8 Å². The summed E-state index contributed by atoms with van der Waals surface area (Å²) in [6.45, 7) is 4.03. The number of ether oxygens (including phenoxy) is 2. The maximum atomic E-state index is 12.7. The highest BCUT2D eigenvalue weighted by Gasteiger charge is 2.21. The standard InChI is InChI=1S/C66H118NO8P/c1-6-8-10-12-14-16-18-20-21-22-23-24-25-26-27-28-29-30-31-32-33-34-35-36-37-38-39-40-41-42-43-44-45-47-48-50-52-54-56-58-65(68)72-62-64(63-74-76(70,71)73-61-60-67(3,4)5)75-66(69)59-57-55-53-51-49-46-19-17-15-13-11-9-7-2/h9,11,15,17-18,20,22-23,25-26,46,49,53,55,64H,6-8,10,12-14,16,19,21,24,27-45,47-48,50-52,54,56-63H2,1-5H3/b11-9-,17-15-,20-18-,23-22-,26-25-,49-46-,55-53-. The fourth-order valence-corrected chi connectivity index (χ4v) is 9.35. The quantitative estimate of drug-likeness (QED) is 0.0195. The summed E-state index contributed by atoms with van der Waals surface area (Å²) < 4.78 is 34.0. The molecule has 0 aromatic heterocycles. The van der Waals surface area contributed by atoms with Crippen LogP contribution >= 0.6 is 7.82 Å². The molecule has 9 nitrogen and oxygen atoms in total. The molecule has 0 aromatic rings. The molecule has 0 aromatic carbocycles. The first-order chi connectivity index (χ1) is 37.0. The van der Waals surface area contributed by atoms with Crippen molar-refractivity contribution in [1.82, 2.24) is 0 Å². The molecule has 0 spiro atoms. The molecule has 0 amide bonds. The number of likely N-dealkylation sites (N-methyl/N-ethyl adjacent to an activating group) is 1. The molecule has 0 saturated carbocycles. The average molecular weight is 1080 g/mol. The predicted molar refractivity (Wildman–Crippen MR) is 323 cm³/mol. The molecule has 2 unspecified atom stereocenters. The van der Waals surface area contributed by atoms with Crippen LogP contribution in [0.15, 0.2) is 85.1 Å². The van der Waals surface area contributed by atoms with Crippen LogP contribution in [0, 0.1) is 0 Å². The van der Waals surface area contributed by atoms with E-state index in [-0.39, 0.29) is 26.1 Å². The monoisotopic (exact) mass is 1080 g/mol. The van der Waals surface area contributed by atoms with Gasteiger partial charge in [0.2, 0.25) is 0 Å². The van der Waals surface area contributed by atoms with Gasteiger partial charge in [-0.2, -0.15) is 0 Å². The highest BCUT2D eigenvalue weighted by Crippen LogP contribution is 2.38. The van der Waals surface area contributed by atoms with Crippen molar-refractivity contribution < 1.29 is 42.1 Å². The molecule has 0 fully saturated rings. The van der Waals surface area contributed by atoms with E-state index in [4.69, 9.17) is 18.5 Å². The van der Waals surface area contributed by atoms with Crippen LogP contribution in [-0.4, -0.2) is 70.0 Å². The summed E-state index contributed by atoms with van der Waals surface area (Å²) in [5.74, 6) is -0.924. The number of unbranched alkanes of at least 4 members (excludes halogenated alkanes) is 29. The van der Waals surface area contributed by atoms with Gasteiger partial charge in [-0.25, -0.2) is 0 Å². The number of hydrogen-bond donors (Lipinski definition) is 0. The molecule has 0 rings (SSSR count). The zero-order valence-electron chi connectivity index (χ0n) is 49.9. The van der Waals surface area contributed by atoms with Gasteiger partial charge >= 0.3 is 11.9 Å². The number of phosphoric ester groups is 1. The van der Waals surface area contributed by atoms with Crippen molar-refractivity contribution in [2.24, 2.45) is 0 Å². The largest absolute Gasteiger partial charge is 0.756 e. The Morgan fingerprint density at radius 2 is 0.776 bits per heavy atom. The van der Waals surface area contributed by atoms with E-state index in [1.165, 1.54) is 180 Å². The fourth-order valence-electron chi connectivity index (χ4n) is 8.62. The second kappa shape index (κ2) is 56.9. The van der Waals surface area contributed by atoms with Crippen LogP contribution in [0.3, 0.4) is 0 Å². The maximum Gasteiger partial charge on any atom is 0.306 e. The normalized spacial score (nSPS) is 13.8. The Bertz CT molecular complexity index is 1560. The molecule has 0 radical (unpaired) electrons. The average Bonchev–Trinajstić information content (AvgIpc) is 3.38. The number of hydrogen-bond acceptors (Lipinski definition) is 8. The molecular weight excluding hydrogens is 966 g/mol. The van der Waals surface area contributed by atoms with Gasteiger partial charge in [0.05, 0.1) is 27.7 Å². The lowest BCUT2D eigenvalue weighted by Gasteiger charge is -2.28. The highest BCUT2D eigenvalue weighted by molar-refractivity contribution is 7.45. The Morgan fingerprint density at radius 3 is 1.17 bits per heavy atom. The van der Waals surface area contributed by atoms with E-state index in [1.54, 1.807) is 0 Å². The second-order valence-electron chi connectivity index (χ2n) is 22.0. The number of carbonyl (C=O) groups is 2. The van der Waals surface area contributed by atoms with Gasteiger partial charge in [0.25, 0.3) is 7.82 Å². The van der Waals surface area contributed by atoms with E-state index >= 15 is 0 Å². The summed E-state index contributed by atoms with van der Waals surface area (Å²) in [5, 5.41) is 0. The van der Waals surface area contributed by atoms with Crippen molar-refractivity contribution in [3.8, 4) is 0 Å². The third-order valence-corrected chi connectivity index (χ3v) is 14.4. The Balaban J connectivity index is 3.90. The number of allylic oxidation sites excluding steroid dienone is 14. The van der Waals surface area contributed by atoms with Gasteiger partial charge in [0.15, 0.2) is 6.10 Å². The number of carbonyl (C=O) groups excluding carboxylic acids is 2. The van der Waals surface area contributed by atoms with Crippen LogP contribution in [0.25, 0.3) is 0 Å². The third-order valence-electron chi connectivity index (χ3n) is 13.4. The van der Waals surface area contributed by atoms with Gasteiger partial charge in [-0.15, -0.1) is 0 Å². The molecule has 10 heteroatoms. The SMILES string of the molecule is CC/C=C\C/C=C\C/C=C\C/C=C\CCC(=O)OC(COC(=O)CCCCCCCCCCCCCCCCCCCCCCCCCC/C=C\C/C=C\C/C=C\CCCCCCC)COP(=O)([O-])OCC[N+](C)(C)C. The molecule has 0 N–H and O–H groups in total. The van der Waals surface area contributed by atoms with Crippen molar-refractivity contribution in [2.45, 2.75) is 277 Å². The molecule has 0 aliphatic heterocycles. The molecule has 2 atom stereocenters. The van der Waals surface area contributed by atoms with Crippen molar-refractivity contribution in [3.63, 3.8) is 0 Å². The summed E-state index contributed by atoms with van der Waals surface area (Å²) >= 11 is 0. The Labute approximate surface area is 469 Å². The van der Waals surface area contributed by atoms with Crippen LogP contribution in [0.2, 0.25) is 0 Å². The van der Waals surface area contributed by atoms with Gasteiger partial charge in [-0.1, -0.05) is 266 Å². The van der Waals surface area contributed by atoms with Crippen molar-refractivity contribution in [1.29, 1.82) is 0 Å².